The summed E-state index contributed by atoms with van der Waals surface area (Å²) in [7, 11) is 1.64. The Morgan fingerprint density at radius 2 is 1.02 bits per heavy atom. The Labute approximate surface area is 333 Å². The van der Waals surface area contributed by atoms with Gasteiger partial charge in [0.2, 0.25) is 0 Å². The molecular weight excluding hydrogens is 697 g/mol. The molecule has 0 spiro atoms. The fourth-order valence-corrected chi connectivity index (χ4v) is 6.41. The Balaban J connectivity index is 4.29. The van der Waals surface area contributed by atoms with E-state index in [-0.39, 0.29) is 25.8 Å². The summed E-state index contributed by atoms with van der Waals surface area (Å²) in [5.41, 5.74) is 0. The van der Waals surface area contributed by atoms with E-state index >= 15 is 0 Å². The molecule has 9 heteroatoms. The van der Waals surface area contributed by atoms with Gasteiger partial charge in [0.25, 0.3) is 0 Å². The first-order valence-corrected chi connectivity index (χ1v) is 23.4. The highest BCUT2D eigenvalue weighted by Gasteiger charge is 2.26. The lowest BCUT2D eigenvalue weighted by molar-refractivity contribution is -0.870. The van der Waals surface area contributed by atoms with Crippen molar-refractivity contribution >= 4 is 13.8 Å². The number of likely N-dealkylation sites (N-methyl/N-ethyl adjacent to an activating group) is 1. The van der Waals surface area contributed by atoms with Crippen molar-refractivity contribution in [3.8, 4) is 0 Å². The Morgan fingerprint density at radius 1 is 0.574 bits per heavy atom. The van der Waals surface area contributed by atoms with Gasteiger partial charge in [-0.1, -0.05) is 140 Å². The van der Waals surface area contributed by atoms with Crippen LogP contribution in [-0.2, 0) is 27.9 Å². The van der Waals surface area contributed by atoms with E-state index in [0.717, 1.165) is 70.6 Å². The molecule has 0 aromatic carbocycles. The molecule has 2 atom stereocenters. The molecule has 8 nitrogen and oxygen atoms in total. The lowest BCUT2D eigenvalue weighted by atomic mass is 10.1. The monoisotopic (exact) mass is 783 g/mol. The first kappa shape index (κ1) is 52.5. The van der Waals surface area contributed by atoms with Crippen molar-refractivity contribution in [2.75, 3.05) is 54.1 Å². The standard InChI is InChI=1S/C45H84NO7P/c1-6-8-10-12-14-16-18-20-22-23-25-27-29-31-33-35-37-40-50-42-44(43-52-54(48,49)51-41-39-46(3,4)5)53-45(47)38-36-34-32-30-28-26-24-21-19-17-15-13-11-9-7-2/h15-18,21-24,44H,6-14,19-20,25-43H2,1-5H3/p+1/b17-15-,18-16-,23-22-,24-21-. The third-order valence-corrected chi connectivity index (χ3v) is 10.1. The van der Waals surface area contributed by atoms with Gasteiger partial charge in [-0.15, -0.1) is 0 Å². The number of nitrogens with zero attached hydrogens (tertiary/aromatic N) is 1. The summed E-state index contributed by atoms with van der Waals surface area (Å²) in [4.78, 5) is 22.9. The van der Waals surface area contributed by atoms with Crippen LogP contribution in [0.5, 0.6) is 0 Å². The molecule has 0 rings (SSSR count). The second-order valence-corrected chi connectivity index (χ2v) is 17.2. The number of hydrogen-bond acceptors (Lipinski definition) is 6. The van der Waals surface area contributed by atoms with E-state index in [1.54, 1.807) is 0 Å². The van der Waals surface area contributed by atoms with E-state index in [2.05, 4.69) is 62.5 Å². The Bertz CT molecular complexity index is 1000. The number of esters is 1. The Kier molecular flexibility index (Phi) is 37.2. The Morgan fingerprint density at radius 3 is 1.54 bits per heavy atom. The van der Waals surface area contributed by atoms with Crippen molar-refractivity contribution in [2.45, 2.75) is 180 Å². The predicted molar refractivity (Wildman–Crippen MR) is 229 cm³/mol. The van der Waals surface area contributed by atoms with E-state index < -0.39 is 13.9 Å². The summed E-state index contributed by atoms with van der Waals surface area (Å²) in [6, 6.07) is 0. The lowest BCUT2D eigenvalue weighted by Crippen LogP contribution is -2.37. The number of carbonyl (C=O) groups is 1. The largest absolute Gasteiger partial charge is 0.472 e. The van der Waals surface area contributed by atoms with Crippen LogP contribution in [0.1, 0.15) is 174 Å². The zero-order valence-corrected chi connectivity index (χ0v) is 36.6. The number of allylic oxidation sites excluding steroid dienone is 8. The molecule has 316 valence electrons. The molecule has 0 bridgehead atoms. The van der Waals surface area contributed by atoms with Gasteiger partial charge in [0, 0.05) is 13.0 Å². The highest BCUT2D eigenvalue weighted by atomic mass is 31.2. The Hall–Kier alpha value is -1.54. The SMILES string of the molecule is CCCCC/C=C\C/C=C\CCCCCCCC(=O)OC(COCCCCCCCC/C=C\C/C=C\CCCCCC)COP(=O)(O)OCC[N+](C)(C)C. The summed E-state index contributed by atoms with van der Waals surface area (Å²) in [5.74, 6) is -0.333. The minimum atomic E-state index is -4.28. The highest BCUT2D eigenvalue weighted by Crippen LogP contribution is 2.43. The maximum absolute atomic E-state index is 12.7. The molecule has 2 unspecified atom stereocenters. The van der Waals surface area contributed by atoms with Crippen molar-refractivity contribution in [1.29, 1.82) is 0 Å². The second kappa shape index (κ2) is 38.3. The minimum absolute atomic E-state index is 0.0820. The maximum Gasteiger partial charge on any atom is 0.472 e. The fourth-order valence-electron chi connectivity index (χ4n) is 5.67. The van der Waals surface area contributed by atoms with Gasteiger partial charge < -0.3 is 18.9 Å². The van der Waals surface area contributed by atoms with E-state index in [1.807, 2.05) is 21.1 Å². The van der Waals surface area contributed by atoms with Crippen molar-refractivity contribution in [3.63, 3.8) is 0 Å². The number of phosphoric acid groups is 1. The first-order chi connectivity index (χ1) is 26.1. The molecule has 0 radical (unpaired) electrons. The van der Waals surface area contributed by atoms with Crippen molar-refractivity contribution in [2.24, 2.45) is 0 Å². The lowest BCUT2D eigenvalue weighted by Gasteiger charge is -2.24. The van der Waals surface area contributed by atoms with Gasteiger partial charge in [0.05, 0.1) is 34.4 Å². The van der Waals surface area contributed by atoms with Crippen molar-refractivity contribution < 1.29 is 37.3 Å². The van der Waals surface area contributed by atoms with Gasteiger partial charge in [-0.05, 0) is 77.0 Å². The molecule has 0 aromatic heterocycles. The van der Waals surface area contributed by atoms with Gasteiger partial charge >= 0.3 is 13.8 Å². The number of phosphoric ester groups is 1. The van der Waals surface area contributed by atoms with Gasteiger partial charge in [0.15, 0.2) is 0 Å². The van der Waals surface area contributed by atoms with Crippen LogP contribution in [-0.4, -0.2) is 75.6 Å². The quantitative estimate of drug-likeness (QED) is 0.0218. The number of carbonyl (C=O) groups excluding carboxylic acids is 1. The fraction of sp³-hybridized carbons (Fsp3) is 0.800. The molecule has 0 aliphatic carbocycles. The molecule has 0 aliphatic heterocycles. The topological polar surface area (TPSA) is 91.3 Å². The van der Waals surface area contributed by atoms with E-state index in [0.29, 0.717) is 24.1 Å². The van der Waals surface area contributed by atoms with E-state index in [4.69, 9.17) is 18.5 Å². The molecular formula is C45H85NO7P+. The summed E-state index contributed by atoms with van der Waals surface area (Å²) < 4.78 is 35.0. The van der Waals surface area contributed by atoms with Gasteiger partial charge in [-0.2, -0.15) is 0 Å². The van der Waals surface area contributed by atoms with Crippen LogP contribution in [0, 0.1) is 0 Å². The molecule has 1 N–H and O–H groups in total. The number of hydrogen-bond donors (Lipinski definition) is 1. The average Bonchev–Trinajstić information content (AvgIpc) is 3.12. The summed E-state index contributed by atoms with van der Waals surface area (Å²) in [5, 5.41) is 0. The van der Waals surface area contributed by atoms with Gasteiger partial charge in [-0.25, -0.2) is 4.57 Å². The zero-order valence-electron chi connectivity index (χ0n) is 35.7. The molecule has 0 fully saturated rings. The van der Waals surface area contributed by atoms with E-state index in [9.17, 15) is 14.3 Å². The molecule has 0 aromatic rings. The van der Waals surface area contributed by atoms with Crippen LogP contribution in [0.25, 0.3) is 0 Å². The average molecular weight is 783 g/mol. The molecule has 0 heterocycles. The molecule has 54 heavy (non-hydrogen) atoms. The van der Waals surface area contributed by atoms with E-state index in [1.165, 1.54) is 83.5 Å². The third kappa shape index (κ3) is 41.6. The molecule has 0 saturated carbocycles. The summed E-state index contributed by atoms with van der Waals surface area (Å²) >= 11 is 0. The smallest absolute Gasteiger partial charge is 0.457 e. The number of unbranched alkanes of at least 4 members (excludes halogenated alkanes) is 18. The molecule has 0 aliphatic rings. The highest BCUT2D eigenvalue weighted by molar-refractivity contribution is 7.47. The van der Waals surface area contributed by atoms with Crippen molar-refractivity contribution in [1.82, 2.24) is 0 Å². The summed E-state index contributed by atoms with van der Waals surface area (Å²) in [6.45, 7) is 5.53. The van der Waals surface area contributed by atoms with Crippen LogP contribution >= 0.6 is 7.82 Å². The van der Waals surface area contributed by atoms with Crippen LogP contribution in [0.2, 0.25) is 0 Å². The molecule has 0 amide bonds. The van der Waals surface area contributed by atoms with Gasteiger partial charge in [0.1, 0.15) is 19.3 Å². The van der Waals surface area contributed by atoms with Crippen LogP contribution in [0.4, 0.5) is 0 Å². The first-order valence-electron chi connectivity index (χ1n) is 21.9. The zero-order chi connectivity index (χ0) is 39.9. The normalized spacial score (nSPS) is 14.3. The minimum Gasteiger partial charge on any atom is -0.457 e. The number of ether oxygens (including phenoxy) is 2. The molecule has 0 saturated heterocycles. The van der Waals surface area contributed by atoms with Crippen LogP contribution in [0.3, 0.4) is 0 Å². The van der Waals surface area contributed by atoms with Crippen LogP contribution < -0.4 is 0 Å². The maximum atomic E-state index is 12.7. The predicted octanol–water partition coefficient (Wildman–Crippen LogP) is 12.8. The van der Waals surface area contributed by atoms with Gasteiger partial charge in [-0.3, -0.25) is 13.8 Å². The van der Waals surface area contributed by atoms with Crippen molar-refractivity contribution in [3.05, 3.63) is 48.6 Å². The number of rotatable bonds is 40. The number of quaternary nitrogens is 1. The summed E-state index contributed by atoms with van der Waals surface area (Å²) in [6.07, 6.45) is 45.6. The van der Waals surface area contributed by atoms with Crippen LogP contribution in [0.15, 0.2) is 48.6 Å². The third-order valence-electron chi connectivity index (χ3n) is 9.11. The second-order valence-electron chi connectivity index (χ2n) is 15.7.